The van der Waals surface area contributed by atoms with Crippen molar-refractivity contribution in [3.63, 3.8) is 0 Å². The number of aromatic amines is 1. The van der Waals surface area contributed by atoms with Crippen molar-refractivity contribution in [2.45, 2.75) is 0 Å². The summed E-state index contributed by atoms with van der Waals surface area (Å²) < 4.78 is 13.1. The highest BCUT2D eigenvalue weighted by Gasteiger charge is 2.12. The molecule has 1 aromatic carbocycles. The van der Waals surface area contributed by atoms with Crippen molar-refractivity contribution in [2.24, 2.45) is 0 Å². The van der Waals surface area contributed by atoms with E-state index in [9.17, 15) is 14.0 Å². The van der Waals surface area contributed by atoms with E-state index < -0.39 is 17.2 Å². The number of carboxylic acids is 1. The lowest BCUT2D eigenvalue weighted by atomic mass is 10.1. The number of carboxylic acid groups (broad SMARTS) is 1. The molecule has 2 aromatic heterocycles. The van der Waals surface area contributed by atoms with Crippen LogP contribution in [0.25, 0.3) is 21.9 Å². The minimum absolute atomic E-state index is 0.123. The predicted octanol–water partition coefficient (Wildman–Crippen LogP) is 1.91. The minimum Gasteiger partial charge on any atom is -0.477 e. The topological polar surface area (TPSA) is 83.0 Å². The number of carbonyl (C=O) groups is 1. The van der Waals surface area contributed by atoms with Gasteiger partial charge >= 0.3 is 5.97 Å². The zero-order chi connectivity index (χ0) is 13.6. The number of pyridine rings is 2. The van der Waals surface area contributed by atoms with Gasteiger partial charge in [-0.05, 0) is 24.3 Å². The largest absolute Gasteiger partial charge is 0.477 e. The van der Waals surface area contributed by atoms with Crippen molar-refractivity contribution < 1.29 is 14.3 Å². The van der Waals surface area contributed by atoms with Crippen LogP contribution in [0.5, 0.6) is 0 Å². The van der Waals surface area contributed by atoms with E-state index in [4.69, 9.17) is 5.11 Å². The van der Waals surface area contributed by atoms with Crippen molar-refractivity contribution in [3.8, 4) is 0 Å². The lowest BCUT2D eigenvalue weighted by molar-refractivity contribution is 0.0695. The van der Waals surface area contributed by atoms with Gasteiger partial charge in [0.25, 0.3) is 0 Å². The second-order valence-electron chi connectivity index (χ2n) is 4.06. The number of H-pyrrole nitrogens is 1. The Morgan fingerprint density at radius 1 is 1.32 bits per heavy atom. The Morgan fingerprint density at radius 3 is 2.84 bits per heavy atom. The molecule has 5 nitrogen and oxygen atoms in total. The zero-order valence-corrected chi connectivity index (χ0v) is 9.48. The molecule has 0 aliphatic carbocycles. The van der Waals surface area contributed by atoms with Crippen LogP contribution >= 0.6 is 0 Å². The minimum atomic E-state index is -1.32. The van der Waals surface area contributed by atoms with Gasteiger partial charge in [0, 0.05) is 11.6 Å². The maximum Gasteiger partial charge on any atom is 0.341 e. The molecule has 0 spiro atoms. The summed E-state index contributed by atoms with van der Waals surface area (Å²) in [7, 11) is 0. The first-order valence-corrected chi connectivity index (χ1v) is 5.41. The van der Waals surface area contributed by atoms with E-state index in [-0.39, 0.29) is 16.6 Å². The average Bonchev–Trinajstić information content (AvgIpc) is 2.37. The lowest BCUT2D eigenvalue weighted by Gasteiger charge is -2.02. The highest BCUT2D eigenvalue weighted by Crippen LogP contribution is 2.17. The molecular formula is C13H7FN2O3. The lowest BCUT2D eigenvalue weighted by Crippen LogP contribution is -2.15. The van der Waals surface area contributed by atoms with Gasteiger partial charge in [-0.3, -0.25) is 4.79 Å². The van der Waals surface area contributed by atoms with Gasteiger partial charge in [0.15, 0.2) is 0 Å². The van der Waals surface area contributed by atoms with Crippen LogP contribution in [0.2, 0.25) is 0 Å². The Kier molecular flexibility index (Phi) is 2.31. The molecule has 0 saturated heterocycles. The van der Waals surface area contributed by atoms with Gasteiger partial charge in [-0.15, -0.1) is 0 Å². The van der Waals surface area contributed by atoms with Gasteiger partial charge in [-0.25, -0.2) is 14.2 Å². The molecule has 0 bridgehead atoms. The Balaban J connectivity index is 2.46. The molecule has 0 amide bonds. The van der Waals surface area contributed by atoms with Crippen molar-refractivity contribution >= 4 is 27.9 Å². The molecule has 0 fully saturated rings. The molecule has 0 radical (unpaired) electrons. The quantitative estimate of drug-likeness (QED) is 0.653. The van der Waals surface area contributed by atoms with Crippen LogP contribution in [0.3, 0.4) is 0 Å². The van der Waals surface area contributed by atoms with Crippen LogP contribution in [0, 0.1) is 5.82 Å². The fourth-order valence-electron chi connectivity index (χ4n) is 1.94. The van der Waals surface area contributed by atoms with Crippen molar-refractivity contribution in [2.75, 3.05) is 0 Å². The van der Waals surface area contributed by atoms with Crippen LogP contribution in [-0.4, -0.2) is 21.0 Å². The van der Waals surface area contributed by atoms with Crippen molar-refractivity contribution in [3.05, 3.63) is 52.1 Å². The van der Waals surface area contributed by atoms with Crippen molar-refractivity contribution in [1.82, 2.24) is 9.97 Å². The monoisotopic (exact) mass is 258 g/mol. The average molecular weight is 258 g/mol. The van der Waals surface area contributed by atoms with Crippen LogP contribution in [-0.2, 0) is 0 Å². The highest BCUT2D eigenvalue weighted by atomic mass is 19.1. The predicted molar refractivity (Wildman–Crippen MR) is 66.8 cm³/mol. The number of nitrogens with one attached hydrogen (secondary N) is 1. The van der Waals surface area contributed by atoms with Crippen molar-refractivity contribution in [1.29, 1.82) is 0 Å². The molecule has 0 unspecified atom stereocenters. The number of fused-ring (bicyclic) bond motifs is 2. The van der Waals surface area contributed by atoms with E-state index in [1.165, 1.54) is 24.3 Å². The fourth-order valence-corrected chi connectivity index (χ4v) is 1.94. The summed E-state index contributed by atoms with van der Waals surface area (Å²) >= 11 is 0. The zero-order valence-electron chi connectivity index (χ0n) is 9.48. The standard InChI is InChI=1S/C13H7FN2O3/c14-7-1-2-10-6(3-7)4-8-11(17)9(13(18)19)5-15-12(8)16-10/h1-5H,(H,18,19)(H,15,16,17). The first-order chi connectivity index (χ1) is 9.06. The van der Waals surface area contributed by atoms with E-state index in [0.29, 0.717) is 10.9 Å². The van der Waals surface area contributed by atoms with Gasteiger partial charge in [-0.1, -0.05) is 0 Å². The van der Waals surface area contributed by atoms with Gasteiger partial charge in [0.05, 0.1) is 10.9 Å². The number of hydrogen-bond donors (Lipinski definition) is 2. The number of benzene rings is 1. The number of halogens is 1. The van der Waals surface area contributed by atoms with Gasteiger partial charge in [-0.2, -0.15) is 0 Å². The summed E-state index contributed by atoms with van der Waals surface area (Å²) in [4.78, 5) is 29.7. The Labute approximate surface area is 105 Å². The Morgan fingerprint density at radius 2 is 2.11 bits per heavy atom. The number of aromatic nitrogens is 2. The first-order valence-electron chi connectivity index (χ1n) is 5.41. The normalized spacial score (nSPS) is 11.0. The number of nitrogens with zero attached hydrogens (tertiary/aromatic N) is 1. The summed E-state index contributed by atoms with van der Waals surface area (Å²) in [6.45, 7) is 0. The second-order valence-corrected chi connectivity index (χ2v) is 4.06. The summed E-state index contributed by atoms with van der Waals surface area (Å²) in [5.74, 6) is -1.76. The molecule has 2 heterocycles. The summed E-state index contributed by atoms with van der Waals surface area (Å²) in [6.07, 6.45) is 1.11. The third-order valence-electron chi connectivity index (χ3n) is 2.85. The van der Waals surface area contributed by atoms with Gasteiger partial charge in [0.2, 0.25) is 5.43 Å². The Bertz CT molecular complexity index is 886. The maximum absolute atomic E-state index is 13.1. The number of rotatable bonds is 1. The molecule has 0 atom stereocenters. The molecule has 6 heteroatoms. The van der Waals surface area contributed by atoms with Crippen LogP contribution in [0.4, 0.5) is 4.39 Å². The van der Waals surface area contributed by atoms with E-state index in [1.54, 1.807) is 0 Å². The first kappa shape index (κ1) is 11.3. The van der Waals surface area contributed by atoms with Crippen LogP contribution < -0.4 is 5.43 Å². The van der Waals surface area contributed by atoms with Crippen LogP contribution in [0.15, 0.2) is 35.3 Å². The molecular weight excluding hydrogens is 251 g/mol. The molecule has 2 N–H and O–H groups in total. The van der Waals surface area contributed by atoms with Gasteiger partial charge in [0.1, 0.15) is 17.0 Å². The van der Waals surface area contributed by atoms with E-state index in [1.807, 2.05) is 0 Å². The second kappa shape index (κ2) is 3.88. The van der Waals surface area contributed by atoms with E-state index in [0.717, 1.165) is 6.20 Å². The van der Waals surface area contributed by atoms with Gasteiger partial charge < -0.3 is 10.1 Å². The summed E-state index contributed by atoms with van der Waals surface area (Å²) in [5, 5.41) is 9.45. The third-order valence-corrected chi connectivity index (χ3v) is 2.85. The molecule has 94 valence electrons. The third kappa shape index (κ3) is 1.74. The highest BCUT2D eigenvalue weighted by molar-refractivity contribution is 5.95. The molecule has 0 aliphatic heterocycles. The molecule has 19 heavy (non-hydrogen) atoms. The molecule has 0 saturated carbocycles. The van der Waals surface area contributed by atoms with E-state index >= 15 is 0 Å². The van der Waals surface area contributed by atoms with E-state index in [2.05, 4.69) is 9.97 Å². The SMILES string of the molecule is O=C(O)c1c[nH]c2nc3ccc(F)cc3cc2c1=O. The smallest absolute Gasteiger partial charge is 0.341 e. The maximum atomic E-state index is 13.1. The molecule has 3 rings (SSSR count). The Hall–Kier alpha value is -2.76. The number of hydrogen-bond acceptors (Lipinski definition) is 3. The summed E-state index contributed by atoms with van der Waals surface area (Å²) in [5.41, 5.74) is -0.216. The fraction of sp³-hybridized carbons (Fsp3) is 0. The molecule has 0 aliphatic rings. The molecule has 3 aromatic rings. The number of aromatic carboxylic acids is 1. The summed E-state index contributed by atoms with van der Waals surface area (Å²) in [6, 6.07) is 5.44. The van der Waals surface area contributed by atoms with Crippen LogP contribution in [0.1, 0.15) is 10.4 Å².